The molecule has 3 rings (SSSR count). The molecule has 0 aliphatic carbocycles. The fourth-order valence-electron chi connectivity index (χ4n) is 3.14. The van der Waals surface area contributed by atoms with Crippen molar-refractivity contribution in [2.24, 2.45) is 0 Å². The lowest BCUT2D eigenvalue weighted by atomic mass is 10.1. The Morgan fingerprint density at radius 1 is 0.579 bits per heavy atom. The van der Waals surface area contributed by atoms with Crippen molar-refractivity contribution < 1.29 is 38.1 Å². The summed E-state index contributed by atoms with van der Waals surface area (Å²) in [6.45, 7) is 7.01. The average Bonchev–Trinajstić information content (AvgIpc) is 2.95. The molecule has 0 unspecified atom stereocenters. The van der Waals surface area contributed by atoms with E-state index in [-0.39, 0.29) is 19.8 Å². The maximum Gasteiger partial charge on any atom is 0.343 e. The van der Waals surface area contributed by atoms with Crippen LogP contribution in [0.15, 0.2) is 98.1 Å². The molecule has 0 bridgehead atoms. The first-order chi connectivity index (χ1) is 18.4. The minimum absolute atomic E-state index is 0.0816. The molecular weight excluding hydrogens is 488 g/mol. The van der Waals surface area contributed by atoms with Crippen LogP contribution in [0.25, 0.3) is 0 Å². The lowest BCUT2D eigenvalue weighted by molar-refractivity contribution is -0.139. The van der Waals surface area contributed by atoms with E-state index in [9.17, 15) is 19.2 Å². The number of rotatable bonds is 12. The van der Waals surface area contributed by atoms with Gasteiger partial charge in [0.15, 0.2) is 0 Å². The van der Waals surface area contributed by atoms with Crippen molar-refractivity contribution in [1.82, 2.24) is 0 Å². The van der Waals surface area contributed by atoms with Gasteiger partial charge < -0.3 is 18.9 Å². The molecule has 0 amide bonds. The molecule has 0 aliphatic rings. The van der Waals surface area contributed by atoms with Crippen molar-refractivity contribution in [2.75, 3.05) is 6.61 Å². The number of hydrogen-bond donors (Lipinski definition) is 0. The van der Waals surface area contributed by atoms with E-state index in [1.165, 1.54) is 0 Å². The molecule has 0 spiro atoms. The van der Waals surface area contributed by atoms with E-state index < -0.39 is 23.9 Å². The highest BCUT2D eigenvalue weighted by Gasteiger charge is 2.10. The summed E-state index contributed by atoms with van der Waals surface area (Å²) >= 11 is 0. The summed E-state index contributed by atoms with van der Waals surface area (Å²) in [5, 5.41) is 0. The summed E-state index contributed by atoms with van der Waals surface area (Å²) < 4.78 is 20.6. The van der Waals surface area contributed by atoms with Crippen LogP contribution in [0.4, 0.5) is 0 Å². The monoisotopic (exact) mass is 514 g/mol. The summed E-state index contributed by atoms with van der Waals surface area (Å²) in [6.07, 6.45) is 2.65. The van der Waals surface area contributed by atoms with Crippen molar-refractivity contribution in [1.29, 1.82) is 0 Å². The van der Waals surface area contributed by atoms with Gasteiger partial charge in [-0.15, -0.1) is 0 Å². The molecule has 0 saturated carbocycles. The van der Waals surface area contributed by atoms with Crippen LogP contribution in [-0.2, 0) is 43.4 Å². The Balaban J connectivity index is 1.42. The lowest BCUT2D eigenvalue weighted by Gasteiger charge is -2.08. The summed E-state index contributed by atoms with van der Waals surface area (Å²) in [7, 11) is 0. The Kier molecular flexibility index (Phi) is 10.1. The first kappa shape index (κ1) is 27.6. The van der Waals surface area contributed by atoms with Crippen molar-refractivity contribution >= 4 is 23.9 Å². The van der Waals surface area contributed by atoms with E-state index in [2.05, 4.69) is 13.2 Å². The van der Waals surface area contributed by atoms with Crippen molar-refractivity contribution in [2.45, 2.75) is 19.6 Å². The van der Waals surface area contributed by atoms with Crippen molar-refractivity contribution in [3.63, 3.8) is 0 Å². The molecule has 38 heavy (non-hydrogen) atoms. The fourth-order valence-corrected chi connectivity index (χ4v) is 3.14. The molecule has 0 aromatic heterocycles. The number of carbonyl (C=O) groups is 4. The van der Waals surface area contributed by atoms with E-state index in [1.807, 2.05) is 0 Å². The second-order valence-electron chi connectivity index (χ2n) is 7.94. The number of benzene rings is 3. The average molecular weight is 515 g/mol. The van der Waals surface area contributed by atoms with Gasteiger partial charge in [0.1, 0.15) is 19.0 Å². The van der Waals surface area contributed by atoms with Crippen LogP contribution < -0.4 is 4.74 Å². The Morgan fingerprint density at radius 3 is 1.50 bits per heavy atom. The normalized spacial score (nSPS) is 10.1. The minimum atomic E-state index is -0.522. The number of ether oxygens (including phenoxy) is 4. The Labute approximate surface area is 220 Å². The van der Waals surface area contributed by atoms with Crippen LogP contribution in [-0.4, -0.2) is 30.5 Å². The van der Waals surface area contributed by atoms with Crippen molar-refractivity contribution in [3.05, 3.63) is 126 Å². The predicted octanol–water partition coefficient (Wildman–Crippen LogP) is 4.76. The molecule has 0 atom stereocenters. The molecule has 194 valence electrons. The van der Waals surface area contributed by atoms with Crippen LogP contribution in [0, 0.1) is 0 Å². The minimum Gasteiger partial charge on any atom is -0.462 e. The third-order valence-electron chi connectivity index (χ3n) is 5.23. The molecule has 0 N–H and O–H groups in total. The zero-order valence-electron chi connectivity index (χ0n) is 20.6. The molecule has 0 heterocycles. The van der Waals surface area contributed by atoms with E-state index >= 15 is 0 Å². The van der Waals surface area contributed by atoms with Crippen LogP contribution in [0.1, 0.15) is 37.4 Å². The number of carbonyl (C=O) groups excluding carboxylic acids is 4. The van der Waals surface area contributed by atoms with E-state index in [0.29, 0.717) is 23.3 Å². The van der Waals surface area contributed by atoms with Crippen LogP contribution in [0.3, 0.4) is 0 Å². The molecule has 8 nitrogen and oxygen atoms in total. The maximum absolute atomic E-state index is 12.4. The largest absolute Gasteiger partial charge is 0.462 e. The maximum atomic E-state index is 12.4. The van der Waals surface area contributed by atoms with Crippen LogP contribution >= 0.6 is 0 Å². The molecule has 3 aromatic carbocycles. The molecular formula is C30H26O8. The second-order valence-corrected chi connectivity index (χ2v) is 7.94. The highest BCUT2D eigenvalue weighted by molar-refractivity contribution is 5.91. The molecule has 3 aromatic rings. The van der Waals surface area contributed by atoms with Gasteiger partial charge in [0.2, 0.25) is 0 Å². The van der Waals surface area contributed by atoms with Gasteiger partial charge in [0.05, 0.1) is 17.7 Å². The topological polar surface area (TPSA) is 105 Å². The van der Waals surface area contributed by atoms with Gasteiger partial charge in [-0.25, -0.2) is 19.2 Å². The van der Waals surface area contributed by atoms with Gasteiger partial charge in [-0.2, -0.15) is 0 Å². The first-order valence-electron chi connectivity index (χ1n) is 11.6. The van der Waals surface area contributed by atoms with Crippen molar-refractivity contribution in [3.8, 4) is 5.75 Å². The SMILES string of the molecule is C=CC(=O)OCc1ccc(C(=O)OCCc2ccc(OC(=O)c3ccc(COC(=O)C=C)cc3)cc2)cc1. The number of hydrogen-bond acceptors (Lipinski definition) is 8. The third kappa shape index (κ3) is 8.60. The zero-order chi connectivity index (χ0) is 27.3. The smallest absolute Gasteiger partial charge is 0.343 e. The highest BCUT2D eigenvalue weighted by atomic mass is 16.5. The predicted molar refractivity (Wildman–Crippen MR) is 138 cm³/mol. The standard InChI is InChI=1S/C30H26O8/c1-3-27(31)36-19-22-5-11-24(12-6-22)29(33)35-18-17-21-9-15-26(16-10-21)38-30(34)25-13-7-23(8-14-25)20-37-28(32)4-2/h3-16H,1-2,17-20H2. The zero-order valence-corrected chi connectivity index (χ0v) is 20.6. The Hall–Kier alpha value is -4.98. The Bertz CT molecular complexity index is 1290. The summed E-state index contributed by atoms with van der Waals surface area (Å²) in [4.78, 5) is 46.9. The van der Waals surface area contributed by atoms with Gasteiger partial charge in [-0.3, -0.25) is 0 Å². The molecule has 8 heteroatoms. The quantitative estimate of drug-likeness (QED) is 0.147. The van der Waals surface area contributed by atoms with E-state index in [4.69, 9.17) is 18.9 Å². The number of esters is 4. The van der Waals surface area contributed by atoms with Gasteiger partial charge in [0.25, 0.3) is 0 Å². The second kappa shape index (κ2) is 13.9. The Morgan fingerprint density at radius 2 is 1.03 bits per heavy atom. The van der Waals surface area contributed by atoms with Crippen LogP contribution in [0.5, 0.6) is 5.75 Å². The molecule has 0 aliphatic heterocycles. The molecule has 0 radical (unpaired) electrons. The van der Waals surface area contributed by atoms with Gasteiger partial charge in [-0.05, 0) is 53.1 Å². The van der Waals surface area contributed by atoms with Gasteiger partial charge >= 0.3 is 23.9 Å². The fraction of sp³-hybridized carbons (Fsp3) is 0.133. The van der Waals surface area contributed by atoms with Gasteiger partial charge in [-0.1, -0.05) is 49.6 Å². The highest BCUT2D eigenvalue weighted by Crippen LogP contribution is 2.16. The van der Waals surface area contributed by atoms with E-state index in [1.54, 1.807) is 72.8 Å². The summed E-state index contributed by atoms with van der Waals surface area (Å²) in [5.74, 6) is -1.65. The summed E-state index contributed by atoms with van der Waals surface area (Å²) in [6, 6.07) is 20.0. The lowest BCUT2D eigenvalue weighted by Crippen LogP contribution is -2.09. The molecule has 0 saturated heterocycles. The third-order valence-corrected chi connectivity index (χ3v) is 5.23. The van der Waals surface area contributed by atoms with Gasteiger partial charge in [0, 0.05) is 18.6 Å². The van der Waals surface area contributed by atoms with Crippen LogP contribution in [0.2, 0.25) is 0 Å². The molecule has 0 fully saturated rings. The summed E-state index contributed by atoms with van der Waals surface area (Å²) in [5.41, 5.74) is 3.10. The van der Waals surface area contributed by atoms with E-state index in [0.717, 1.165) is 28.8 Å². The first-order valence-corrected chi connectivity index (χ1v) is 11.6.